The summed E-state index contributed by atoms with van der Waals surface area (Å²) in [6.07, 6.45) is 5.24. The molecule has 1 amide bonds. The molecule has 5 rings (SSSR count). The Labute approximate surface area is 193 Å². The van der Waals surface area contributed by atoms with Gasteiger partial charge in [0, 0.05) is 29.0 Å². The van der Waals surface area contributed by atoms with Gasteiger partial charge in [-0.2, -0.15) is 5.10 Å². The van der Waals surface area contributed by atoms with Gasteiger partial charge in [-0.1, -0.05) is 0 Å². The van der Waals surface area contributed by atoms with E-state index in [2.05, 4.69) is 15.5 Å². The van der Waals surface area contributed by atoms with Crippen LogP contribution in [0.2, 0.25) is 0 Å². The first-order valence-electron chi connectivity index (χ1n) is 10.2. The number of halogens is 1. The van der Waals surface area contributed by atoms with Crippen molar-refractivity contribution in [2.45, 2.75) is 13.8 Å². The average Bonchev–Trinajstić information content (AvgIpc) is 3.53. The molecule has 0 aliphatic rings. The number of carbonyl (C=O) groups excluding carboxylic acids is 1. The highest BCUT2D eigenvalue weighted by Crippen LogP contribution is 2.35. The van der Waals surface area contributed by atoms with E-state index < -0.39 is 0 Å². The maximum Gasteiger partial charge on any atom is 0.283 e. The molecule has 4 heterocycles. The molecule has 164 valence electrons. The Bertz CT molecular complexity index is 1480. The van der Waals surface area contributed by atoms with Crippen molar-refractivity contribution in [1.82, 2.24) is 15.0 Å². The fourth-order valence-corrected chi connectivity index (χ4v) is 4.89. The number of carbonyl (C=O) groups is 1. The number of amides is 1. The zero-order valence-electron chi connectivity index (χ0n) is 17.9. The predicted octanol–water partition coefficient (Wildman–Crippen LogP) is 5.87. The summed E-state index contributed by atoms with van der Waals surface area (Å²) in [6, 6.07) is 15.4. The summed E-state index contributed by atoms with van der Waals surface area (Å²) in [7, 11) is 0. The van der Waals surface area contributed by atoms with Crippen LogP contribution in [-0.4, -0.2) is 21.7 Å². The van der Waals surface area contributed by atoms with Crippen LogP contribution in [0.1, 0.15) is 26.7 Å². The van der Waals surface area contributed by atoms with Gasteiger partial charge in [-0.15, -0.1) is 11.3 Å². The summed E-state index contributed by atoms with van der Waals surface area (Å²) in [5.41, 5.74) is 6.09. The van der Waals surface area contributed by atoms with Crippen molar-refractivity contribution in [3.05, 3.63) is 94.7 Å². The van der Waals surface area contributed by atoms with Crippen LogP contribution in [0.25, 0.3) is 27.2 Å². The van der Waals surface area contributed by atoms with Crippen LogP contribution in [0.4, 0.5) is 4.39 Å². The first kappa shape index (κ1) is 20.8. The van der Waals surface area contributed by atoms with Gasteiger partial charge in [0.05, 0.1) is 11.9 Å². The Morgan fingerprint density at radius 3 is 2.67 bits per heavy atom. The van der Waals surface area contributed by atoms with Crippen molar-refractivity contribution in [1.29, 1.82) is 0 Å². The van der Waals surface area contributed by atoms with Crippen LogP contribution in [0.15, 0.2) is 76.5 Å². The van der Waals surface area contributed by atoms with Crippen molar-refractivity contribution < 1.29 is 13.6 Å². The second-order valence-corrected chi connectivity index (χ2v) is 8.54. The van der Waals surface area contributed by atoms with Gasteiger partial charge in [-0.05, 0) is 74.0 Å². The maximum atomic E-state index is 13.1. The number of pyridine rings is 1. The van der Waals surface area contributed by atoms with E-state index in [9.17, 15) is 9.18 Å². The van der Waals surface area contributed by atoms with Crippen molar-refractivity contribution >= 4 is 33.7 Å². The van der Waals surface area contributed by atoms with Crippen LogP contribution in [0.5, 0.6) is 0 Å². The molecular formula is C25H19FN4O2S. The van der Waals surface area contributed by atoms with Gasteiger partial charge in [-0.3, -0.25) is 4.79 Å². The predicted molar refractivity (Wildman–Crippen MR) is 128 cm³/mol. The molecule has 0 unspecified atom stereocenters. The molecule has 0 aliphatic carbocycles. The fraction of sp³-hybridized carbons (Fsp3) is 0.0800. The van der Waals surface area contributed by atoms with Crippen LogP contribution in [0.3, 0.4) is 0 Å². The number of nitrogens with one attached hydrogen (secondary N) is 1. The lowest BCUT2D eigenvalue weighted by atomic mass is 10.1. The van der Waals surface area contributed by atoms with Gasteiger partial charge in [0.1, 0.15) is 27.0 Å². The number of nitrogens with zero attached hydrogens (tertiary/aromatic N) is 3. The van der Waals surface area contributed by atoms with Gasteiger partial charge < -0.3 is 8.98 Å². The normalized spacial score (nSPS) is 11.5. The summed E-state index contributed by atoms with van der Waals surface area (Å²) in [5, 5.41) is 5.02. The third-order valence-corrected chi connectivity index (χ3v) is 6.22. The molecule has 0 fully saturated rings. The average molecular weight is 459 g/mol. The van der Waals surface area contributed by atoms with E-state index in [0.29, 0.717) is 16.4 Å². The molecule has 0 saturated heterocycles. The number of aromatic nitrogens is 2. The molecule has 0 atom stereocenters. The van der Waals surface area contributed by atoms with Crippen LogP contribution < -0.4 is 5.43 Å². The monoisotopic (exact) mass is 458 g/mol. The van der Waals surface area contributed by atoms with E-state index in [0.717, 1.165) is 32.7 Å². The highest BCUT2D eigenvalue weighted by molar-refractivity contribution is 7.21. The molecule has 6 nitrogen and oxygen atoms in total. The summed E-state index contributed by atoms with van der Waals surface area (Å²) in [4.78, 5) is 19.0. The zero-order chi connectivity index (χ0) is 22.9. The molecule has 0 aliphatic heterocycles. The number of fused-ring (bicyclic) bond motifs is 1. The second-order valence-electron chi connectivity index (χ2n) is 7.54. The number of hydrogen-bond donors (Lipinski definition) is 1. The molecule has 0 spiro atoms. The Kier molecular flexibility index (Phi) is 5.35. The van der Waals surface area contributed by atoms with E-state index in [-0.39, 0.29) is 11.7 Å². The molecule has 5 aromatic rings. The van der Waals surface area contributed by atoms with Crippen LogP contribution in [-0.2, 0) is 0 Å². The highest BCUT2D eigenvalue weighted by atomic mass is 32.1. The second kappa shape index (κ2) is 8.48. The lowest BCUT2D eigenvalue weighted by Crippen LogP contribution is -2.18. The first-order chi connectivity index (χ1) is 16.0. The number of aryl methyl sites for hydroxylation is 2. The lowest BCUT2D eigenvalue weighted by molar-refractivity contribution is 0.0959. The van der Waals surface area contributed by atoms with E-state index in [1.54, 1.807) is 24.3 Å². The molecule has 1 aromatic carbocycles. The number of benzene rings is 1. The highest BCUT2D eigenvalue weighted by Gasteiger charge is 2.22. The number of rotatable bonds is 5. The van der Waals surface area contributed by atoms with E-state index in [1.807, 2.05) is 49.0 Å². The molecular weight excluding hydrogens is 439 g/mol. The molecule has 0 radical (unpaired) electrons. The molecule has 8 heteroatoms. The van der Waals surface area contributed by atoms with Crippen molar-refractivity contribution in [3.63, 3.8) is 0 Å². The van der Waals surface area contributed by atoms with Crippen molar-refractivity contribution in [2.24, 2.45) is 5.10 Å². The van der Waals surface area contributed by atoms with Crippen LogP contribution in [0, 0.1) is 19.7 Å². The summed E-state index contributed by atoms with van der Waals surface area (Å²) in [6.45, 7) is 3.96. The third kappa shape index (κ3) is 4.08. The summed E-state index contributed by atoms with van der Waals surface area (Å²) >= 11 is 1.34. The largest absolute Gasteiger partial charge is 0.455 e. The van der Waals surface area contributed by atoms with Gasteiger partial charge in [-0.25, -0.2) is 14.8 Å². The Balaban J connectivity index is 1.41. The Morgan fingerprint density at radius 2 is 1.91 bits per heavy atom. The molecule has 4 aromatic heterocycles. The maximum absolute atomic E-state index is 13.1. The van der Waals surface area contributed by atoms with Gasteiger partial charge in [0.15, 0.2) is 0 Å². The minimum Gasteiger partial charge on any atom is -0.455 e. The number of hydrazone groups is 1. The standard InChI is InChI=1S/C25H19FN4O2S/c1-15-13-16(2)28-25-21(15)22(30-11-3-4-12-30)23(33-25)24(31)29-27-14-19-9-10-20(32-19)17-5-7-18(26)8-6-17/h3-14H,1-2H3,(H,29,31)/b27-14+. The van der Waals surface area contributed by atoms with Gasteiger partial charge in [0.25, 0.3) is 5.91 Å². The SMILES string of the molecule is Cc1cc(C)c2c(-n3cccc3)c(C(=O)N/N=C/c3ccc(-c4ccc(F)cc4)o3)sc2n1. The summed E-state index contributed by atoms with van der Waals surface area (Å²) in [5.74, 6) is 0.403. The number of hydrogen-bond acceptors (Lipinski definition) is 5. The first-order valence-corrected chi connectivity index (χ1v) is 11.0. The van der Waals surface area contributed by atoms with Crippen molar-refractivity contribution in [2.75, 3.05) is 0 Å². The van der Waals surface area contributed by atoms with E-state index in [4.69, 9.17) is 4.42 Å². The van der Waals surface area contributed by atoms with Gasteiger partial charge >= 0.3 is 0 Å². The van der Waals surface area contributed by atoms with E-state index >= 15 is 0 Å². The van der Waals surface area contributed by atoms with E-state index in [1.165, 1.54) is 29.7 Å². The third-order valence-electron chi connectivity index (χ3n) is 5.14. The minimum absolute atomic E-state index is 0.309. The Hall–Kier alpha value is -4.04. The molecule has 33 heavy (non-hydrogen) atoms. The smallest absolute Gasteiger partial charge is 0.283 e. The molecule has 0 saturated carbocycles. The molecule has 1 N–H and O–H groups in total. The quantitative estimate of drug-likeness (QED) is 0.265. The number of furan rings is 1. The fourth-order valence-electron chi connectivity index (χ4n) is 3.70. The minimum atomic E-state index is -0.333. The topological polar surface area (TPSA) is 72.4 Å². The van der Waals surface area contributed by atoms with Crippen molar-refractivity contribution in [3.8, 4) is 17.0 Å². The molecule has 0 bridgehead atoms. The summed E-state index contributed by atoms with van der Waals surface area (Å²) < 4.78 is 20.8. The Morgan fingerprint density at radius 1 is 1.15 bits per heavy atom. The van der Waals surface area contributed by atoms with Crippen LogP contribution >= 0.6 is 11.3 Å². The zero-order valence-corrected chi connectivity index (χ0v) is 18.7. The lowest BCUT2D eigenvalue weighted by Gasteiger charge is -2.07. The van der Waals surface area contributed by atoms with Gasteiger partial charge in [0.2, 0.25) is 0 Å². The number of thiophene rings is 1.